The van der Waals surface area contributed by atoms with Crippen LogP contribution in [-0.2, 0) is 17.6 Å². The molecule has 0 atom stereocenters. The summed E-state index contributed by atoms with van der Waals surface area (Å²) in [5.41, 5.74) is 2.46. The van der Waals surface area contributed by atoms with Crippen LogP contribution < -0.4 is 4.74 Å². The number of ether oxygens (including phenoxy) is 1. The fraction of sp³-hybridized carbons (Fsp3) is 0.273. The first-order valence-corrected chi connectivity index (χ1v) is 9.12. The van der Waals surface area contributed by atoms with Gasteiger partial charge in [-0.05, 0) is 42.9 Å². The smallest absolute Gasteiger partial charge is 0.174 e. The summed E-state index contributed by atoms with van der Waals surface area (Å²) in [6.07, 6.45) is 6.38. The molecule has 0 amide bonds. The average Bonchev–Trinajstić information content (AvgIpc) is 2.77. The summed E-state index contributed by atoms with van der Waals surface area (Å²) < 4.78 is 5.77. The predicted octanol–water partition coefficient (Wildman–Crippen LogP) is 4.24. The lowest BCUT2D eigenvalue weighted by Gasteiger charge is -2.13. The first-order valence-electron chi connectivity index (χ1n) is 9.12. The molecule has 1 heterocycles. The largest absolute Gasteiger partial charge is 0.508 e. The van der Waals surface area contributed by atoms with Crippen molar-refractivity contribution in [3.05, 3.63) is 58.7 Å². The molecule has 0 fully saturated rings. The highest BCUT2D eigenvalue weighted by molar-refractivity contribution is 6.03. The van der Waals surface area contributed by atoms with Gasteiger partial charge in [-0.15, -0.1) is 0 Å². The fourth-order valence-corrected chi connectivity index (χ4v) is 3.70. The van der Waals surface area contributed by atoms with Crippen LogP contribution in [0.3, 0.4) is 0 Å². The zero-order valence-corrected chi connectivity index (χ0v) is 14.8. The first kappa shape index (κ1) is 17.3. The molecule has 1 aliphatic carbocycles. The Hall–Kier alpha value is -3.08. The summed E-state index contributed by atoms with van der Waals surface area (Å²) in [5, 5.41) is 19.7. The van der Waals surface area contributed by atoms with Crippen molar-refractivity contribution in [1.29, 1.82) is 0 Å². The number of carbonyl (C=O) groups is 2. The Kier molecular flexibility index (Phi) is 4.44. The number of ketones is 2. The van der Waals surface area contributed by atoms with Gasteiger partial charge in [0.15, 0.2) is 11.6 Å². The van der Waals surface area contributed by atoms with E-state index >= 15 is 0 Å². The van der Waals surface area contributed by atoms with Gasteiger partial charge in [-0.2, -0.15) is 0 Å². The van der Waals surface area contributed by atoms with E-state index in [1.807, 2.05) is 18.2 Å². The molecule has 0 bridgehead atoms. The van der Waals surface area contributed by atoms with E-state index in [1.54, 1.807) is 6.07 Å². The van der Waals surface area contributed by atoms with Crippen LogP contribution in [0.15, 0.2) is 42.0 Å². The molecular formula is C22H20O5. The number of phenols is 2. The Morgan fingerprint density at radius 2 is 1.93 bits per heavy atom. The van der Waals surface area contributed by atoms with Gasteiger partial charge < -0.3 is 14.9 Å². The fourth-order valence-electron chi connectivity index (χ4n) is 3.70. The van der Waals surface area contributed by atoms with Crippen LogP contribution in [0.4, 0.5) is 0 Å². The highest BCUT2D eigenvalue weighted by atomic mass is 16.5. The molecule has 0 spiro atoms. The van der Waals surface area contributed by atoms with Crippen molar-refractivity contribution >= 4 is 11.6 Å². The molecule has 0 saturated heterocycles. The zero-order valence-electron chi connectivity index (χ0n) is 14.8. The average molecular weight is 364 g/mol. The molecule has 0 aromatic heterocycles. The van der Waals surface area contributed by atoms with Gasteiger partial charge in [0.05, 0.1) is 0 Å². The van der Waals surface area contributed by atoms with E-state index in [0.29, 0.717) is 17.7 Å². The van der Waals surface area contributed by atoms with Crippen molar-refractivity contribution in [3.8, 4) is 23.0 Å². The SMILES string of the molecule is O=C(Cc1ccc2c(c1)CC(=O)c1c(O)cc(O)cc1O2)C1=CCCCC1. The maximum Gasteiger partial charge on any atom is 0.174 e. The minimum absolute atomic E-state index is 0.0609. The number of allylic oxidation sites excluding steroid dienone is 2. The molecule has 2 N–H and O–H groups in total. The van der Waals surface area contributed by atoms with Crippen molar-refractivity contribution in [3.63, 3.8) is 0 Å². The quantitative estimate of drug-likeness (QED) is 0.851. The first-order chi connectivity index (χ1) is 13.0. The van der Waals surface area contributed by atoms with Gasteiger partial charge in [0.2, 0.25) is 0 Å². The lowest BCUT2D eigenvalue weighted by molar-refractivity contribution is -0.115. The maximum absolute atomic E-state index is 12.6. The molecule has 2 aliphatic rings. The maximum atomic E-state index is 12.6. The van der Waals surface area contributed by atoms with Crippen LogP contribution in [0.5, 0.6) is 23.0 Å². The predicted molar refractivity (Wildman–Crippen MR) is 99.6 cm³/mol. The second kappa shape index (κ2) is 6.91. The van der Waals surface area contributed by atoms with Gasteiger partial charge in [0.25, 0.3) is 0 Å². The summed E-state index contributed by atoms with van der Waals surface area (Å²) in [6.45, 7) is 0. The van der Waals surface area contributed by atoms with E-state index in [9.17, 15) is 19.8 Å². The van der Waals surface area contributed by atoms with E-state index in [1.165, 1.54) is 6.07 Å². The lowest BCUT2D eigenvalue weighted by Crippen LogP contribution is -2.09. The molecule has 5 nitrogen and oxygen atoms in total. The summed E-state index contributed by atoms with van der Waals surface area (Å²) in [6, 6.07) is 7.80. The number of aromatic hydroxyl groups is 2. The van der Waals surface area contributed by atoms with E-state index in [2.05, 4.69) is 0 Å². The molecule has 1 aliphatic heterocycles. The number of fused-ring (bicyclic) bond motifs is 2. The van der Waals surface area contributed by atoms with Gasteiger partial charge >= 0.3 is 0 Å². The number of rotatable bonds is 3. The Morgan fingerprint density at radius 3 is 2.70 bits per heavy atom. The van der Waals surface area contributed by atoms with Crippen molar-refractivity contribution < 1.29 is 24.5 Å². The van der Waals surface area contributed by atoms with Crippen molar-refractivity contribution in [2.24, 2.45) is 0 Å². The summed E-state index contributed by atoms with van der Waals surface area (Å²) in [5.74, 6) is -0.0263. The molecule has 0 saturated carbocycles. The number of benzene rings is 2. The van der Waals surface area contributed by atoms with Gasteiger partial charge in [-0.1, -0.05) is 18.2 Å². The second-order valence-corrected chi connectivity index (χ2v) is 7.06. The van der Waals surface area contributed by atoms with Crippen LogP contribution in [-0.4, -0.2) is 21.8 Å². The molecular weight excluding hydrogens is 344 g/mol. The standard InChI is InChI=1S/C22H20O5/c23-16-11-19(26)22-18(25)10-15-8-13(6-7-20(15)27-21(22)12-16)9-17(24)14-4-2-1-3-5-14/h4,6-8,11-12,23,26H,1-3,5,9-10H2. The van der Waals surface area contributed by atoms with E-state index in [-0.39, 0.29) is 40.8 Å². The monoisotopic (exact) mass is 364 g/mol. The number of hydrogen-bond acceptors (Lipinski definition) is 5. The number of phenolic OH excluding ortho intramolecular Hbond substituents is 2. The highest BCUT2D eigenvalue weighted by Gasteiger charge is 2.26. The zero-order chi connectivity index (χ0) is 19.0. The van der Waals surface area contributed by atoms with Gasteiger partial charge in [0.1, 0.15) is 28.6 Å². The van der Waals surface area contributed by atoms with Gasteiger partial charge in [0, 0.05) is 30.5 Å². The third-order valence-corrected chi connectivity index (χ3v) is 5.05. The number of carbonyl (C=O) groups excluding carboxylic acids is 2. The molecule has 27 heavy (non-hydrogen) atoms. The minimum atomic E-state index is -0.303. The number of hydrogen-bond donors (Lipinski definition) is 2. The van der Waals surface area contributed by atoms with Crippen LogP contribution >= 0.6 is 0 Å². The van der Waals surface area contributed by atoms with Crippen molar-refractivity contribution in [2.45, 2.75) is 38.5 Å². The van der Waals surface area contributed by atoms with Gasteiger partial charge in [-0.25, -0.2) is 0 Å². The molecule has 138 valence electrons. The van der Waals surface area contributed by atoms with E-state index in [0.717, 1.165) is 42.9 Å². The summed E-state index contributed by atoms with van der Waals surface area (Å²) in [4.78, 5) is 25.1. The van der Waals surface area contributed by atoms with E-state index < -0.39 is 0 Å². The molecule has 5 heteroatoms. The topological polar surface area (TPSA) is 83.8 Å². The van der Waals surface area contributed by atoms with Crippen LogP contribution in [0.2, 0.25) is 0 Å². The van der Waals surface area contributed by atoms with Crippen LogP contribution in [0.25, 0.3) is 0 Å². The molecule has 2 aromatic rings. The minimum Gasteiger partial charge on any atom is -0.508 e. The third-order valence-electron chi connectivity index (χ3n) is 5.05. The normalized spacial score (nSPS) is 15.9. The Morgan fingerprint density at radius 1 is 1.07 bits per heavy atom. The second-order valence-electron chi connectivity index (χ2n) is 7.06. The van der Waals surface area contributed by atoms with Gasteiger partial charge in [-0.3, -0.25) is 9.59 Å². The Bertz CT molecular complexity index is 971. The van der Waals surface area contributed by atoms with Crippen molar-refractivity contribution in [1.82, 2.24) is 0 Å². The van der Waals surface area contributed by atoms with E-state index in [4.69, 9.17) is 4.74 Å². The Balaban J connectivity index is 1.62. The molecule has 4 rings (SSSR count). The lowest BCUT2D eigenvalue weighted by atomic mass is 9.92. The molecule has 2 aromatic carbocycles. The molecule has 0 radical (unpaired) electrons. The number of Topliss-reactive ketones (excluding diaryl/α,β-unsaturated/α-hetero) is 2. The van der Waals surface area contributed by atoms with Crippen molar-refractivity contribution in [2.75, 3.05) is 0 Å². The van der Waals surface area contributed by atoms with Crippen LogP contribution in [0.1, 0.15) is 47.2 Å². The summed E-state index contributed by atoms with van der Waals surface area (Å²) >= 11 is 0. The highest BCUT2D eigenvalue weighted by Crippen LogP contribution is 2.40. The Labute approximate surface area is 156 Å². The third kappa shape index (κ3) is 3.45. The molecule has 0 unspecified atom stereocenters. The van der Waals surface area contributed by atoms with Crippen LogP contribution in [0, 0.1) is 0 Å². The summed E-state index contributed by atoms with van der Waals surface area (Å²) in [7, 11) is 0.